The van der Waals surface area contributed by atoms with Crippen LogP contribution in [-0.4, -0.2) is 66.5 Å². The molecule has 3 rings (SSSR count). The molecule has 0 bridgehead atoms. The van der Waals surface area contributed by atoms with Crippen molar-refractivity contribution in [1.82, 2.24) is 14.4 Å². The Balaban J connectivity index is 1.92. The number of halogens is 1. The predicted octanol–water partition coefficient (Wildman–Crippen LogP) is 1.60. The van der Waals surface area contributed by atoms with Gasteiger partial charge in [0.25, 0.3) is 0 Å². The first kappa shape index (κ1) is 22.6. The quantitative estimate of drug-likeness (QED) is 0.355. The second-order valence-electron chi connectivity index (χ2n) is 7.80. The van der Waals surface area contributed by atoms with Crippen LogP contribution in [0.15, 0.2) is 65.1 Å². The van der Waals surface area contributed by atoms with Crippen LogP contribution in [0.4, 0.5) is 4.39 Å². The van der Waals surface area contributed by atoms with Crippen molar-refractivity contribution in [2.45, 2.75) is 0 Å². The van der Waals surface area contributed by atoms with Crippen molar-refractivity contribution >= 4 is 17.2 Å². The van der Waals surface area contributed by atoms with E-state index >= 15 is 4.39 Å². The van der Waals surface area contributed by atoms with Gasteiger partial charge < -0.3 is 26.7 Å². The summed E-state index contributed by atoms with van der Waals surface area (Å²) < 4.78 is 17.4. The van der Waals surface area contributed by atoms with Gasteiger partial charge in [-0.2, -0.15) is 0 Å². The van der Waals surface area contributed by atoms with E-state index in [4.69, 9.17) is 17.2 Å². The van der Waals surface area contributed by atoms with Gasteiger partial charge in [0, 0.05) is 51.5 Å². The number of piperazine rings is 1. The lowest BCUT2D eigenvalue weighted by Crippen LogP contribution is -2.45. The molecule has 7 nitrogen and oxygen atoms in total. The summed E-state index contributed by atoms with van der Waals surface area (Å²) in [5.74, 6) is -0.630. The second-order valence-corrected chi connectivity index (χ2v) is 7.80. The number of hydrogen-bond acceptors (Lipinski definition) is 5. The van der Waals surface area contributed by atoms with Crippen LogP contribution >= 0.6 is 0 Å². The molecule has 1 aliphatic rings. The van der Waals surface area contributed by atoms with E-state index in [2.05, 4.69) is 21.8 Å². The summed E-state index contributed by atoms with van der Waals surface area (Å²) in [7, 11) is 3.95. The Morgan fingerprint density at radius 3 is 2.23 bits per heavy atom. The topological polar surface area (TPSA) is 102 Å². The number of hydrogen-bond donors (Lipinski definition) is 3. The Morgan fingerprint density at radius 2 is 1.61 bits per heavy atom. The molecule has 31 heavy (non-hydrogen) atoms. The number of nitrogens with two attached hydrogens (primary N) is 3. The maximum absolute atomic E-state index is 15.6. The minimum absolute atomic E-state index is 0.0232. The highest BCUT2D eigenvalue weighted by molar-refractivity contribution is 6.08. The molecule has 0 aliphatic carbocycles. The van der Waals surface area contributed by atoms with Gasteiger partial charge in [0.1, 0.15) is 5.84 Å². The fraction of sp³-hybridized carbons (Fsp3) is 0.348. The number of aryl methyl sites for hydroxylation is 1. The third-order valence-corrected chi connectivity index (χ3v) is 5.58. The van der Waals surface area contributed by atoms with Gasteiger partial charge in [0.15, 0.2) is 5.83 Å². The van der Waals surface area contributed by atoms with Crippen LogP contribution in [0.2, 0.25) is 0 Å². The first-order valence-corrected chi connectivity index (χ1v) is 10.4. The first-order valence-electron chi connectivity index (χ1n) is 10.4. The maximum Gasteiger partial charge on any atom is 0.159 e. The van der Waals surface area contributed by atoms with Crippen LogP contribution in [0.5, 0.6) is 0 Å². The lowest BCUT2D eigenvalue weighted by Gasteiger charge is -2.31. The predicted molar refractivity (Wildman–Crippen MR) is 126 cm³/mol. The van der Waals surface area contributed by atoms with Gasteiger partial charge in [-0.15, -0.1) is 0 Å². The van der Waals surface area contributed by atoms with E-state index in [9.17, 15) is 0 Å². The van der Waals surface area contributed by atoms with Crippen LogP contribution < -0.4 is 17.2 Å². The van der Waals surface area contributed by atoms with E-state index in [0.29, 0.717) is 17.8 Å². The minimum atomic E-state index is -0.675. The van der Waals surface area contributed by atoms with E-state index in [1.54, 1.807) is 34.9 Å². The third-order valence-electron chi connectivity index (χ3n) is 5.58. The largest absolute Gasteiger partial charge is 0.396 e. The van der Waals surface area contributed by atoms with E-state index in [1.807, 2.05) is 25.4 Å². The zero-order valence-corrected chi connectivity index (χ0v) is 18.3. The highest BCUT2D eigenvalue weighted by Crippen LogP contribution is 2.26. The highest BCUT2D eigenvalue weighted by atomic mass is 19.1. The average Bonchev–Trinajstić information content (AvgIpc) is 3.21. The number of amidine groups is 1. The molecule has 0 unspecified atom stereocenters. The van der Waals surface area contributed by atoms with Gasteiger partial charge in [-0.05, 0) is 19.2 Å². The summed E-state index contributed by atoms with van der Waals surface area (Å²) in [5.41, 5.74) is 20.2. The van der Waals surface area contributed by atoms with Gasteiger partial charge >= 0.3 is 0 Å². The van der Waals surface area contributed by atoms with Crippen LogP contribution in [0.3, 0.4) is 0 Å². The summed E-state index contributed by atoms with van der Waals surface area (Å²) in [6, 6.07) is 12.6. The number of likely N-dealkylation sites (N-methyl/N-ethyl adjacent to an activating group) is 1. The summed E-state index contributed by atoms with van der Waals surface area (Å²) in [6.07, 6.45) is 1.84. The van der Waals surface area contributed by atoms with Crippen molar-refractivity contribution in [3.05, 3.63) is 71.3 Å². The molecule has 2 heterocycles. The lowest BCUT2D eigenvalue weighted by atomic mass is 10.0. The SMILES string of the molecule is CN1CCN(CCN=C(N)C(=C(N)c2cccn2C)/C(F)=C(\N)c2ccccc2)CC1. The summed E-state index contributed by atoms with van der Waals surface area (Å²) in [4.78, 5) is 9.08. The van der Waals surface area contributed by atoms with E-state index < -0.39 is 5.83 Å². The van der Waals surface area contributed by atoms with Gasteiger partial charge in [-0.1, -0.05) is 30.3 Å². The Bertz CT molecular complexity index is 967. The first-order chi connectivity index (χ1) is 14.9. The van der Waals surface area contributed by atoms with E-state index in [-0.39, 0.29) is 22.8 Å². The smallest absolute Gasteiger partial charge is 0.159 e. The Labute approximate surface area is 183 Å². The Hall–Kier alpha value is -3.10. The average molecular weight is 426 g/mol. The van der Waals surface area contributed by atoms with E-state index in [0.717, 1.165) is 32.7 Å². The number of benzene rings is 1. The van der Waals surface area contributed by atoms with Crippen molar-refractivity contribution in [2.24, 2.45) is 29.2 Å². The van der Waals surface area contributed by atoms with Gasteiger partial charge in [0.2, 0.25) is 0 Å². The standard InChI is InChI=1S/C23H32FN7/c1-29-13-15-31(16-14-29)12-10-28-23(27)19(22(26)18-9-6-11-30(18)2)20(24)21(25)17-7-4-3-5-8-17/h3-9,11H,10,12-16,25-26H2,1-2H3,(H2,27,28)/b21-20+,22-19?. The van der Waals surface area contributed by atoms with Crippen LogP contribution in [0.1, 0.15) is 11.3 Å². The van der Waals surface area contributed by atoms with Crippen molar-refractivity contribution < 1.29 is 4.39 Å². The number of rotatable bonds is 7. The molecule has 6 N–H and O–H groups in total. The normalized spacial score (nSPS) is 18.0. The number of nitrogens with zero attached hydrogens (tertiary/aromatic N) is 4. The zero-order chi connectivity index (χ0) is 22.4. The molecule has 1 fully saturated rings. The van der Waals surface area contributed by atoms with Crippen molar-refractivity contribution in [1.29, 1.82) is 0 Å². The molecule has 1 aromatic heterocycles. The molecule has 0 saturated carbocycles. The molecule has 1 saturated heterocycles. The van der Waals surface area contributed by atoms with E-state index in [1.165, 1.54) is 0 Å². The molecule has 2 aromatic rings. The molecule has 166 valence electrons. The summed E-state index contributed by atoms with van der Waals surface area (Å²) >= 11 is 0. The molecule has 8 heteroatoms. The molecule has 0 atom stereocenters. The summed E-state index contributed by atoms with van der Waals surface area (Å²) in [5, 5.41) is 0. The fourth-order valence-electron chi connectivity index (χ4n) is 3.58. The van der Waals surface area contributed by atoms with Crippen molar-refractivity contribution in [2.75, 3.05) is 46.3 Å². The molecule has 0 amide bonds. The maximum atomic E-state index is 15.6. The third kappa shape index (κ3) is 5.53. The van der Waals surface area contributed by atoms with Crippen LogP contribution in [0, 0.1) is 0 Å². The fourth-order valence-corrected chi connectivity index (χ4v) is 3.58. The molecule has 0 radical (unpaired) electrons. The molecule has 1 aliphatic heterocycles. The number of aromatic nitrogens is 1. The molecule has 1 aromatic carbocycles. The lowest BCUT2D eigenvalue weighted by molar-refractivity contribution is 0.157. The summed E-state index contributed by atoms with van der Waals surface area (Å²) in [6.45, 7) is 5.22. The van der Waals surface area contributed by atoms with Crippen molar-refractivity contribution in [3.63, 3.8) is 0 Å². The number of aliphatic imine (C=N–C) groups is 1. The molecule has 0 spiro atoms. The van der Waals surface area contributed by atoms with Crippen LogP contribution in [-0.2, 0) is 7.05 Å². The Kier molecular flexibility index (Phi) is 7.49. The molecular formula is C23H32FN7. The van der Waals surface area contributed by atoms with Crippen LogP contribution in [0.25, 0.3) is 11.4 Å². The van der Waals surface area contributed by atoms with Gasteiger partial charge in [-0.25, -0.2) is 4.39 Å². The van der Waals surface area contributed by atoms with Crippen molar-refractivity contribution in [3.8, 4) is 0 Å². The zero-order valence-electron chi connectivity index (χ0n) is 18.3. The minimum Gasteiger partial charge on any atom is -0.396 e. The highest BCUT2D eigenvalue weighted by Gasteiger charge is 2.21. The van der Waals surface area contributed by atoms with Gasteiger partial charge in [0.05, 0.1) is 29.2 Å². The Morgan fingerprint density at radius 1 is 0.935 bits per heavy atom. The second kappa shape index (κ2) is 10.3. The van der Waals surface area contributed by atoms with Gasteiger partial charge in [-0.3, -0.25) is 9.89 Å². The monoisotopic (exact) mass is 425 g/mol. The molecular weight excluding hydrogens is 393 g/mol.